The fourth-order valence-electron chi connectivity index (χ4n) is 2.37. The van der Waals surface area contributed by atoms with Crippen molar-refractivity contribution in [1.29, 1.82) is 0 Å². The molecule has 0 radical (unpaired) electrons. The quantitative estimate of drug-likeness (QED) is 0.327. The van der Waals surface area contributed by atoms with Gasteiger partial charge in [-0.15, -0.1) is 5.06 Å². The van der Waals surface area contributed by atoms with Crippen LogP contribution in [0.1, 0.15) is 45.4 Å². The summed E-state index contributed by atoms with van der Waals surface area (Å²) in [5, 5.41) is 4.02. The topological polar surface area (TPSA) is 106 Å². The number of hydrogen-bond donors (Lipinski definition) is 1. The summed E-state index contributed by atoms with van der Waals surface area (Å²) in [5.41, 5.74) is 0. The van der Waals surface area contributed by atoms with Gasteiger partial charge >= 0.3 is 5.97 Å². The Balaban J connectivity index is 1.79. The Bertz CT molecular complexity index is 686. The molecule has 1 aliphatic rings. The number of hydroxylamine groups is 2. The Morgan fingerprint density at radius 2 is 2.04 bits per heavy atom. The molecule has 152 valence electrons. The summed E-state index contributed by atoms with van der Waals surface area (Å²) in [4.78, 5) is 56.9. The van der Waals surface area contributed by atoms with Crippen molar-refractivity contribution in [3.8, 4) is 0 Å². The summed E-state index contributed by atoms with van der Waals surface area (Å²) in [5.74, 6) is -1.61. The monoisotopic (exact) mass is 425 g/mol. The molecular formula is C18H23N3O5S2. The van der Waals surface area contributed by atoms with E-state index in [-0.39, 0.29) is 25.2 Å². The normalized spacial score (nSPS) is 14.8. The molecule has 1 unspecified atom stereocenters. The minimum Gasteiger partial charge on any atom is -0.343 e. The van der Waals surface area contributed by atoms with Crippen LogP contribution in [0.5, 0.6) is 0 Å². The van der Waals surface area contributed by atoms with E-state index in [1.54, 1.807) is 6.20 Å². The highest BCUT2D eigenvalue weighted by molar-refractivity contribution is 8.76. The molecule has 1 aliphatic heterocycles. The molecule has 0 saturated carbocycles. The highest BCUT2D eigenvalue weighted by atomic mass is 33.1. The van der Waals surface area contributed by atoms with Gasteiger partial charge in [0.25, 0.3) is 11.8 Å². The van der Waals surface area contributed by atoms with E-state index in [4.69, 9.17) is 4.84 Å². The van der Waals surface area contributed by atoms with Crippen LogP contribution in [0, 0.1) is 0 Å². The van der Waals surface area contributed by atoms with E-state index in [2.05, 4.69) is 10.3 Å². The van der Waals surface area contributed by atoms with E-state index >= 15 is 0 Å². The Kier molecular flexibility index (Phi) is 9.29. The van der Waals surface area contributed by atoms with Crippen LogP contribution < -0.4 is 5.32 Å². The molecule has 0 aromatic carbocycles. The van der Waals surface area contributed by atoms with Crippen molar-refractivity contribution < 1.29 is 24.0 Å². The van der Waals surface area contributed by atoms with Crippen molar-refractivity contribution in [2.24, 2.45) is 0 Å². The average molecular weight is 426 g/mol. The number of hydrogen-bond acceptors (Lipinski definition) is 8. The van der Waals surface area contributed by atoms with Crippen LogP contribution in [-0.4, -0.2) is 45.5 Å². The highest BCUT2D eigenvalue weighted by Crippen LogP contribution is 2.29. The van der Waals surface area contributed by atoms with Crippen LogP contribution in [0.25, 0.3) is 0 Å². The number of unbranched alkanes of at least 4 members (excludes halogenated alkanes) is 1. The highest BCUT2D eigenvalue weighted by Gasteiger charge is 2.35. The van der Waals surface area contributed by atoms with Gasteiger partial charge in [-0.2, -0.15) is 0 Å². The van der Waals surface area contributed by atoms with E-state index in [1.807, 2.05) is 25.1 Å². The van der Waals surface area contributed by atoms with Gasteiger partial charge in [0, 0.05) is 31.2 Å². The zero-order valence-corrected chi connectivity index (χ0v) is 17.2. The molecule has 0 bridgehead atoms. The first kappa shape index (κ1) is 22.2. The van der Waals surface area contributed by atoms with Crippen molar-refractivity contribution in [3.63, 3.8) is 0 Å². The molecule has 0 spiro atoms. The summed E-state index contributed by atoms with van der Waals surface area (Å²) in [6.07, 6.45) is 3.90. The van der Waals surface area contributed by atoms with Gasteiger partial charge in [0.15, 0.2) is 0 Å². The lowest BCUT2D eigenvalue weighted by molar-refractivity contribution is -0.199. The zero-order chi connectivity index (χ0) is 20.4. The lowest BCUT2D eigenvalue weighted by atomic mass is 10.1. The summed E-state index contributed by atoms with van der Waals surface area (Å²) in [6, 6.07) is 4.72. The Morgan fingerprint density at radius 3 is 2.68 bits per heavy atom. The largest absolute Gasteiger partial charge is 0.355 e. The molecule has 2 rings (SSSR count). The molecule has 3 amide bonds. The number of imide groups is 1. The molecule has 1 aromatic heterocycles. The fraction of sp³-hybridized carbons (Fsp3) is 0.500. The Hall–Kier alpha value is -2.07. The first-order chi connectivity index (χ1) is 13.5. The lowest BCUT2D eigenvalue weighted by Gasteiger charge is -2.20. The van der Waals surface area contributed by atoms with Crippen LogP contribution in [-0.2, 0) is 24.0 Å². The predicted octanol–water partition coefficient (Wildman–Crippen LogP) is 2.49. The number of carbonyl (C=O) groups is 4. The Morgan fingerprint density at radius 1 is 1.29 bits per heavy atom. The zero-order valence-electron chi connectivity index (χ0n) is 15.6. The molecular weight excluding hydrogens is 402 g/mol. The van der Waals surface area contributed by atoms with Crippen molar-refractivity contribution in [3.05, 3.63) is 24.4 Å². The third-order valence-corrected chi connectivity index (χ3v) is 6.11. The number of rotatable bonds is 11. The van der Waals surface area contributed by atoms with Gasteiger partial charge in [-0.25, -0.2) is 9.78 Å². The second-order valence-electron chi connectivity index (χ2n) is 6.08. The number of amides is 3. The standard InChI is InChI=1S/C18H23N3O5S2/c1-2-3-6-13(18(25)26-21-16(23)8-9-17(21)24)20-14(22)10-12-27-28-15-7-4-5-11-19-15/h4-5,7,11,13H,2-3,6,8-10,12H2,1H3,(H,20,22). The van der Waals surface area contributed by atoms with E-state index in [9.17, 15) is 19.2 Å². The molecule has 1 aromatic rings. The summed E-state index contributed by atoms with van der Waals surface area (Å²) in [6.45, 7) is 1.96. The molecule has 8 nitrogen and oxygen atoms in total. The molecule has 1 N–H and O–H groups in total. The van der Waals surface area contributed by atoms with Crippen LogP contribution >= 0.6 is 21.6 Å². The molecule has 1 saturated heterocycles. The van der Waals surface area contributed by atoms with Gasteiger partial charge in [-0.05, 0) is 29.3 Å². The van der Waals surface area contributed by atoms with Crippen molar-refractivity contribution in [1.82, 2.24) is 15.4 Å². The predicted molar refractivity (Wildman–Crippen MR) is 106 cm³/mol. The molecule has 10 heteroatoms. The molecule has 2 heterocycles. The minimum absolute atomic E-state index is 0.0310. The molecule has 28 heavy (non-hydrogen) atoms. The molecule has 0 aliphatic carbocycles. The van der Waals surface area contributed by atoms with Gasteiger partial charge in [0.05, 0.1) is 0 Å². The van der Waals surface area contributed by atoms with Crippen molar-refractivity contribution >= 4 is 45.3 Å². The average Bonchev–Trinajstić information content (AvgIpc) is 3.01. The molecule has 1 atom stereocenters. The van der Waals surface area contributed by atoms with E-state index in [0.29, 0.717) is 23.7 Å². The Labute approximate surface area is 171 Å². The first-order valence-electron chi connectivity index (χ1n) is 9.08. The third-order valence-electron chi connectivity index (χ3n) is 3.85. The van der Waals surface area contributed by atoms with Gasteiger partial charge in [-0.1, -0.05) is 36.6 Å². The van der Waals surface area contributed by atoms with Crippen LogP contribution in [0.15, 0.2) is 29.4 Å². The van der Waals surface area contributed by atoms with Crippen molar-refractivity contribution in [2.75, 3.05) is 5.75 Å². The second-order valence-corrected chi connectivity index (χ2v) is 8.51. The maximum Gasteiger partial charge on any atom is 0.355 e. The number of pyridine rings is 1. The fourth-order valence-corrected chi connectivity index (χ4v) is 4.24. The number of nitrogens with one attached hydrogen (secondary N) is 1. The van der Waals surface area contributed by atoms with E-state index < -0.39 is 23.8 Å². The summed E-state index contributed by atoms with van der Waals surface area (Å²) in [7, 11) is 2.97. The second kappa shape index (κ2) is 11.7. The van der Waals surface area contributed by atoms with E-state index in [0.717, 1.165) is 11.4 Å². The van der Waals surface area contributed by atoms with Crippen LogP contribution in [0.4, 0.5) is 0 Å². The van der Waals surface area contributed by atoms with Gasteiger partial charge in [0.2, 0.25) is 5.91 Å². The van der Waals surface area contributed by atoms with E-state index in [1.165, 1.54) is 21.6 Å². The summed E-state index contributed by atoms with van der Waals surface area (Å²) < 4.78 is 0. The number of aromatic nitrogens is 1. The van der Waals surface area contributed by atoms with Crippen molar-refractivity contribution in [2.45, 2.75) is 56.5 Å². The minimum atomic E-state index is -0.887. The van der Waals surface area contributed by atoms with Gasteiger partial charge < -0.3 is 10.2 Å². The van der Waals surface area contributed by atoms with Gasteiger partial charge in [-0.3, -0.25) is 14.4 Å². The molecule has 1 fully saturated rings. The first-order valence-corrected chi connectivity index (χ1v) is 11.4. The van der Waals surface area contributed by atoms with Crippen LogP contribution in [0.3, 0.4) is 0 Å². The van der Waals surface area contributed by atoms with Gasteiger partial charge in [0.1, 0.15) is 11.1 Å². The summed E-state index contributed by atoms with van der Waals surface area (Å²) >= 11 is 0. The maximum atomic E-state index is 12.3. The lowest BCUT2D eigenvalue weighted by Crippen LogP contribution is -2.45. The number of nitrogens with zero attached hydrogens (tertiary/aromatic N) is 2. The van der Waals surface area contributed by atoms with Crippen LogP contribution in [0.2, 0.25) is 0 Å². The third kappa shape index (κ3) is 7.16. The number of carbonyl (C=O) groups excluding carboxylic acids is 4. The SMILES string of the molecule is CCCCC(NC(=O)CCSSc1ccccn1)C(=O)ON1C(=O)CCC1=O. The maximum absolute atomic E-state index is 12.3. The smallest absolute Gasteiger partial charge is 0.343 e.